The molecule has 1 N–H and O–H groups in total. The van der Waals surface area contributed by atoms with E-state index in [0.717, 1.165) is 4.90 Å². The molecule has 0 aromatic heterocycles. The third-order valence-corrected chi connectivity index (χ3v) is 2.52. The van der Waals surface area contributed by atoms with Gasteiger partial charge in [-0.05, 0) is 19.3 Å². The summed E-state index contributed by atoms with van der Waals surface area (Å²) in [5.74, 6) is -0.227. The molecule has 2 atom stereocenters. The summed E-state index contributed by atoms with van der Waals surface area (Å²) >= 11 is 0. The highest BCUT2D eigenvalue weighted by molar-refractivity contribution is 5.83. The van der Waals surface area contributed by atoms with Crippen molar-refractivity contribution in [1.82, 2.24) is 10.2 Å². The predicted molar refractivity (Wildman–Crippen MR) is 53.6 cm³/mol. The summed E-state index contributed by atoms with van der Waals surface area (Å²) in [4.78, 5) is 12.4. The van der Waals surface area contributed by atoms with E-state index < -0.39 is 30.8 Å². The second-order valence-electron chi connectivity index (χ2n) is 4.62. The van der Waals surface area contributed by atoms with Gasteiger partial charge in [0.15, 0.2) is 0 Å². The summed E-state index contributed by atoms with van der Waals surface area (Å²) in [6, 6.07) is -0.522. The molecule has 1 aliphatic rings. The quantitative estimate of drug-likeness (QED) is 0.812. The first-order valence-electron chi connectivity index (χ1n) is 5.34. The van der Waals surface area contributed by atoms with Crippen LogP contribution < -0.4 is 5.32 Å². The van der Waals surface area contributed by atoms with E-state index in [1.165, 1.54) is 0 Å². The van der Waals surface area contributed by atoms with Crippen LogP contribution in [0.25, 0.3) is 0 Å². The van der Waals surface area contributed by atoms with E-state index in [9.17, 15) is 18.0 Å². The van der Waals surface area contributed by atoms with Gasteiger partial charge in [-0.1, -0.05) is 13.8 Å². The Labute approximate surface area is 93.0 Å². The molecule has 1 aliphatic heterocycles. The molecule has 1 rings (SSSR count). The molecule has 6 heteroatoms. The van der Waals surface area contributed by atoms with Crippen LogP contribution in [0.3, 0.4) is 0 Å². The highest BCUT2D eigenvalue weighted by Crippen LogP contribution is 2.23. The Morgan fingerprint density at radius 2 is 2.00 bits per heavy atom. The van der Waals surface area contributed by atoms with E-state index in [4.69, 9.17) is 0 Å². The minimum atomic E-state index is -4.34. The number of hydrogen-bond acceptors (Lipinski definition) is 2. The molecular weight excluding hydrogens is 221 g/mol. The number of carbonyl (C=O) groups is 1. The fourth-order valence-electron chi connectivity index (χ4n) is 1.88. The number of hydrogen-bond donors (Lipinski definition) is 1. The van der Waals surface area contributed by atoms with Crippen molar-refractivity contribution in [3.8, 4) is 0 Å². The van der Waals surface area contributed by atoms with Gasteiger partial charge in [0, 0.05) is 0 Å². The van der Waals surface area contributed by atoms with E-state index in [1.54, 1.807) is 6.92 Å². The summed E-state index contributed by atoms with van der Waals surface area (Å²) in [6.07, 6.45) is -4.30. The van der Waals surface area contributed by atoms with Crippen molar-refractivity contribution in [1.29, 1.82) is 0 Å². The second-order valence-corrected chi connectivity index (χ2v) is 4.62. The van der Waals surface area contributed by atoms with Crippen LogP contribution in [-0.2, 0) is 4.79 Å². The monoisotopic (exact) mass is 238 g/mol. The van der Waals surface area contributed by atoms with Gasteiger partial charge in [0.05, 0.1) is 12.2 Å². The van der Waals surface area contributed by atoms with Crippen LogP contribution in [0.4, 0.5) is 13.2 Å². The molecule has 0 spiro atoms. The van der Waals surface area contributed by atoms with Gasteiger partial charge in [0.1, 0.15) is 6.54 Å². The van der Waals surface area contributed by atoms with Gasteiger partial charge in [-0.25, -0.2) is 0 Å². The minimum absolute atomic E-state index is 0.242. The number of carbonyl (C=O) groups excluding carboxylic acids is 1. The largest absolute Gasteiger partial charge is 0.406 e. The smallest absolute Gasteiger partial charge is 0.317 e. The van der Waals surface area contributed by atoms with Crippen LogP contribution in [0, 0.1) is 5.92 Å². The lowest BCUT2D eigenvalue weighted by Gasteiger charge is -2.26. The summed E-state index contributed by atoms with van der Waals surface area (Å²) in [6.45, 7) is 4.26. The van der Waals surface area contributed by atoms with Crippen molar-refractivity contribution in [2.45, 2.75) is 45.6 Å². The third-order valence-electron chi connectivity index (χ3n) is 2.52. The van der Waals surface area contributed by atoms with Gasteiger partial charge >= 0.3 is 6.18 Å². The Hall–Kier alpha value is -0.780. The lowest BCUT2D eigenvalue weighted by Crippen LogP contribution is -2.43. The molecule has 0 radical (unpaired) electrons. The normalized spacial score (nSPS) is 26.9. The Morgan fingerprint density at radius 1 is 1.44 bits per heavy atom. The third kappa shape index (κ3) is 3.37. The highest BCUT2D eigenvalue weighted by atomic mass is 19.4. The molecule has 0 aromatic rings. The molecule has 0 saturated carbocycles. The average molecular weight is 238 g/mol. The average Bonchev–Trinajstić information content (AvgIpc) is 2.30. The summed E-state index contributed by atoms with van der Waals surface area (Å²) in [7, 11) is 0. The van der Waals surface area contributed by atoms with Crippen LogP contribution in [0.2, 0.25) is 0 Å². The number of halogens is 3. The molecule has 0 aromatic carbocycles. The summed E-state index contributed by atoms with van der Waals surface area (Å²) in [5.41, 5.74) is 0. The summed E-state index contributed by atoms with van der Waals surface area (Å²) < 4.78 is 36.9. The SMILES string of the molecule is CC(C)CC1NC(C)C(=O)N1CC(F)(F)F. The number of rotatable bonds is 3. The predicted octanol–water partition coefficient (Wildman–Crippen LogP) is 1.74. The fourth-order valence-corrected chi connectivity index (χ4v) is 1.88. The molecule has 3 nitrogen and oxygen atoms in total. The summed E-state index contributed by atoms with van der Waals surface area (Å²) in [5, 5.41) is 2.88. The first kappa shape index (κ1) is 13.3. The van der Waals surface area contributed by atoms with Crippen molar-refractivity contribution < 1.29 is 18.0 Å². The van der Waals surface area contributed by atoms with Crippen LogP contribution in [0.15, 0.2) is 0 Å². The topological polar surface area (TPSA) is 32.3 Å². The Balaban J connectivity index is 2.71. The molecule has 0 aliphatic carbocycles. The zero-order valence-corrected chi connectivity index (χ0v) is 9.64. The molecule has 1 fully saturated rings. The Morgan fingerprint density at radius 3 is 2.44 bits per heavy atom. The van der Waals surface area contributed by atoms with E-state index in [0.29, 0.717) is 6.42 Å². The molecule has 1 heterocycles. The number of alkyl halides is 3. The van der Waals surface area contributed by atoms with Crippen LogP contribution in [-0.4, -0.2) is 35.7 Å². The van der Waals surface area contributed by atoms with Crippen molar-refractivity contribution >= 4 is 5.91 Å². The zero-order valence-electron chi connectivity index (χ0n) is 9.64. The van der Waals surface area contributed by atoms with Gasteiger partial charge in [0.25, 0.3) is 0 Å². The van der Waals surface area contributed by atoms with Gasteiger partial charge in [0.2, 0.25) is 5.91 Å². The number of nitrogens with zero attached hydrogens (tertiary/aromatic N) is 1. The molecule has 0 bridgehead atoms. The van der Waals surface area contributed by atoms with Crippen molar-refractivity contribution in [3.63, 3.8) is 0 Å². The van der Waals surface area contributed by atoms with Crippen LogP contribution in [0.5, 0.6) is 0 Å². The lowest BCUT2D eigenvalue weighted by atomic mass is 10.1. The van der Waals surface area contributed by atoms with Crippen molar-refractivity contribution in [2.24, 2.45) is 5.92 Å². The maximum Gasteiger partial charge on any atom is 0.406 e. The van der Waals surface area contributed by atoms with E-state index in [2.05, 4.69) is 5.32 Å². The van der Waals surface area contributed by atoms with Crippen molar-refractivity contribution in [3.05, 3.63) is 0 Å². The van der Waals surface area contributed by atoms with Gasteiger partial charge in [-0.3, -0.25) is 10.1 Å². The highest BCUT2D eigenvalue weighted by Gasteiger charge is 2.42. The lowest BCUT2D eigenvalue weighted by molar-refractivity contribution is -0.161. The second kappa shape index (κ2) is 4.61. The maximum absolute atomic E-state index is 12.3. The van der Waals surface area contributed by atoms with Gasteiger partial charge < -0.3 is 4.90 Å². The molecule has 2 unspecified atom stereocenters. The van der Waals surface area contributed by atoms with E-state index in [-0.39, 0.29) is 5.92 Å². The molecule has 16 heavy (non-hydrogen) atoms. The van der Waals surface area contributed by atoms with E-state index >= 15 is 0 Å². The number of amides is 1. The Bertz CT molecular complexity index is 265. The van der Waals surface area contributed by atoms with Crippen molar-refractivity contribution in [2.75, 3.05) is 6.54 Å². The maximum atomic E-state index is 12.3. The standard InChI is InChI=1S/C10H17F3N2O/c1-6(2)4-8-14-7(3)9(16)15(8)5-10(11,12)13/h6-8,14H,4-5H2,1-3H3. The van der Waals surface area contributed by atoms with E-state index in [1.807, 2.05) is 13.8 Å². The molecule has 1 amide bonds. The zero-order chi connectivity index (χ0) is 12.5. The minimum Gasteiger partial charge on any atom is -0.317 e. The fraction of sp³-hybridized carbons (Fsp3) is 0.900. The molecule has 94 valence electrons. The Kier molecular flexibility index (Phi) is 3.83. The molecular formula is C10H17F3N2O. The molecule has 1 saturated heterocycles. The first-order valence-corrected chi connectivity index (χ1v) is 5.34. The van der Waals surface area contributed by atoms with Gasteiger partial charge in [-0.15, -0.1) is 0 Å². The van der Waals surface area contributed by atoms with Crippen LogP contribution >= 0.6 is 0 Å². The first-order chi connectivity index (χ1) is 7.20. The van der Waals surface area contributed by atoms with Crippen LogP contribution in [0.1, 0.15) is 27.2 Å². The number of nitrogens with one attached hydrogen (secondary N) is 1. The van der Waals surface area contributed by atoms with Gasteiger partial charge in [-0.2, -0.15) is 13.2 Å².